The van der Waals surface area contributed by atoms with Crippen molar-refractivity contribution in [3.63, 3.8) is 0 Å². The van der Waals surface area contributed by atoms with Crippen LogP contribution >= 0.6 is 0 Å². The van der Waals surface area contributed by atoms with Gasteiger partial charge in [-0.25, -0.2) is 0 Å². The van der Waals surface area contributed by atoms with Crippen LogP contribution < -0.4 is 0 Å². The molecule has 0 aliphatic rings. The highest BCUT2D eigenvalue weighted by molar-refractivity contribution is 5.82. The van der Waals surface area contributed by atoms with E-state index in [0.717, 1.165) is 0 Å². The fourth-order valence-electron chi connectivity index (χ4n) is 0.947. The Morgan fingerprint density at radius 2 is 2.42 bits per heavy atom. The topological polar surface area (TPSA) is 56.2 Å². The molecule has 0 spiro atoms. The standard InChI is InChI=1S/C8H5NO3/c10-4-7-6(5-12-9-7)8-2-1-3-11-8/h1-5H. The van der Waals surface area contributed by atoms with Crippen molar-refractivity contribution in [2.24, 2.45) is 0 Å². The Morgan fingerprint density at radius 3 is 3.08 bits per heavy atom. The van der Waals surface area contributed by atoms with Crippen LogP contribution in [0.15, 0.2) is 33.6 Å². The average Bonchev–Trinajstić information content (AvgIpc) is 2.74. The Balaban J connectivity index is 2.53. The van der Waals surface area contributed by atoms with Crippen LogP contribution in [0.3, 0.4) is 0 Å². The maximum absolute atomic E-state index is 10.4. The predicted octanol–water partition coefficient (Wildman–Crippen LogP) is 1.75. The maximum Gasteiger partial charge on any atom is 0.172 e. The van der Waals surface area contributed by atoms with Crippen molar-refractivity contribution in [1.82, 2.24) is 5.16 Å². The van der Waals surface area contributed by atoms with Gasteiger partial charge >= 0.3 is 0 Å². The van der Waals surface area contributed by atoms with Crippen LogP contribution in [0.1, 0.15) is 10.5 Å². The SMILES string of the molecule is O=Cc1nocc1-c1ccco1. The number of aromatic nitrogens is 1. The van der Waals surface area contributed by atoms with E-state index in [1.165, 1.54) is 12.5 Å². The third-order valence-electron chi connectivity index (χ3n) is 1.50. The molecule has 0 aliphatic heterocycles. The Bertz CT molecular complexity index is 375. The van der Waals surface area contributed by atoms with Gasteiger partial charge in [-0.1, -0.05) is 5.16 Å². The second kappa shape index (κ2) is 2.65. The molecule has 2 heterocycles. The molecule has 0 aliphatic carbocycles. The first-order valence-corrected chi connectivity index (χ1v) is 3.35. The fraction of sp³-hybridized carbons (Fsp3) is 0. The van der Waals surface area contributed by atoms with Crippen LogP contribution in [-0.4, -0.2) is 11.4 Å². The molecule has 0 amide bonds. The summed E-state index contributed by atoms with van der Waals surface area (Å²) in [5.74, 6) is 0.582. The van der Waals surface area contributed by atoms with E-state index >= 15 is 0 Å². The highest BCUT2D eigenvalue weighted by atomic mass is 16.5. The van der Waals surface area contributed by atoms with Gasteiger partial charge in [0.25, 0.3) is 0 Å². The van der Waals surface area contributed by atoms with E-state index in [0.29, 0.717) is 17.6 Å². The zero-order chi connectivity index (χ0) is 8.39. The van der Waals surface area contributed by atoms with Gasteiger partial charge in [-0.15, -0.1) is 0 Å². The first-order valence-electron chi connectivity index (χ1n) is 3.35. The van der Waals surface area contributed by atoms with Crippen molar-refractivity contribution >= 4 is 6.29 Å². The molecule has 2 aromatic heterocycles. The van der Waals surface area contributed by atoms with E-state index in [-0.39, 0.29) is 5.69 Å². The van der Waals surface area contributed by atoms with Gasteiger partial charge in [0.2, 0.25) is 0 Å². The van der Waals surface area contributed by atoms with E-state index in [9.17, 15) is 4.79 Å². The molecule has 0 saturated carbocycles. The summed E-state index contributed by atoms with van der Waals surface area (Å²) in [5, 5.41) is 3.49. The van der Waals surface area contributed by atoms with E-state index in [1.807, 2.05) is 0 Å². The molecule has 0 unspecified atom stereocenters. The Hall–Kier alpha value is -1.84. The molecule has 4 heteroatoms. The van der Waals surface area contributed by atoms with E-state index < -0.39 is 0 Å². The lowest BCUT2D eigenvalue weighted by atomic mass is 10.2. The van der Waals surface area contributed by atoms with Crippen molar-refractivity contribution in [3.05, 3.63) is 30.4 Å². The molecular formula is C8H5NO3. The van der Waals surface area contributed by atoms with E-state index in [2.05, 4.69) is 9.68 Å². The average molecular weight is 163 g/mol. The molecule has 0 N–H and O–H groups in total. The lowest BCUT2D eigenvalue weighted by Gasteiger charge is -1.86. The molecule has 12 heavy (non-hydrogen) atoms. The summed E-state index contributed by atoms with van der Waals surface area (Å²) in [7, 11) is 0. The predicted molar refractivity (Wildman–Crippen MR) is 39.6 cm³/mol. The van der Waals surface area contributed by atoms with Crippen LogP contribution in [0.5, 0.6) is 0 Å². The number of aldehydes is 1. The Labute approximate surface area is 67.8 Å². The summed E-state index contributed by atoms with van der Waals surface area (Å²) >= 11 is 0. The minimum atomic E-state index is 0.255. The number of nitrogens with zero attached hydrogens (tertiary/aromatic N) is 1. The maximum atomic E-state index is 10.4. The highest BCUT2D eigenvalue weighted by Crippen LogP contribution is 2.21. The quantitative estimate of drug-likeness (QED) is 0.633. The molecule has 2 aromatic rings. The van der Waals surface area contributed by atoms with Gasteiger partial charge in [-0.05, 0) is 12.1 Å². The van der Waals surface area contributed by atoms with Gasteiger partial charge < -0.3 is 8.94 Å². The van der Waals surface area contributed by atoms with Gasteiger partial charge in [-0.3, -0.25) is 4.79 Å². The van der Waals surface area contributed by atoms with Crippen molar-refractivity contribution in [2.45, 2.75) is 0 Å². The summed E-state index contributed by atoms with van der Waals surface area (Å²) in [6.07, 6.45) is 3.53. The zero-order valence-corrected chi connectivity index (χ0v) is 6.06. The van der Waals surface area contributed by atoms with Gasteiger partial charge in [0.1, 0.15) is 12.0 Å². The summed E-state index contributed by atoms with van der Waals surface area (Å²) < 4.78 is 9.68. The number of carbonyl (C=O) groups is 1. The minimum Gasteiger partial charge on any atom is -0.464 e. The zero-order valence-electron chi connectivity index (χ0n) is 6.06. The normalized spacial score (nSPS) is 10.0. The summed E-state index contributed by atoms with van der Waals surface area (Å²) in [4.78, 5) is 10.4. The molecule has 60 valence electrons. The van der Waals surface area contributed by atoms with Gasteiger partial charge in [0, 0.05) is 0 Å². The molecular weight excluding hydrogens is 158 g/mol. The first kappa shape index (κ1) is 6.84. The number of carbonyl (C=O) groups excluding carboxylic acids is 1. The molecule has 0 aromatic carbocycles. The molecule has 4 nitrogen and oxygen atoms in total. The Morgan fingerprint density at radius 1 is 1.50 bits per heavy atom. The summed E-state index contributed by atoms with van der Waals surface area (Å²) in [6.45, 7) is 0. The molecule has 0 saturated heterocycles. The fourth-order valence-corrected chi connectivity index (χ4v) is 0.947. The molecule has 0 fully saturated rings. The van der Waals surface area contributed by atoms with E-state index in [1.54, 1.807) is 12.1 Å². The van der Waals surface area contributed by atoms with Crippen LogP contribution in [0.4, 0.5) is 0 Å². The van der Waals surface area contributed by atoms with Crippen LogP contribution in [0.2, 0.25) is 0 Å². The first-order chi connectivity index (χ1) is 5.92. The number of rotatable bonds is 2. The highest BCUT2D eigenvalue weighted by Gasteiger charge is 2.10. The lowest BCUT2D eigenvalue weighted by molar-refractivity contribution is 0.111. The number of hydrogen-bond acceptors (Lipinski definition) is 4. The van der Waals surface area contributed by atoms with Gasteiger partial charge in [0.05, 0.1) is 11.8 Å². The van der Waals surface area contributed by atoms with Crippen molar-refractivity contribution in [3.8, 4) is 11.3 Å². The molecule has 0 radical (unpaired) electrons. The summed E-state index contributed by atoms with van der Waals surface area (Å²) in [5.41, 5.74) is 0.833. The van der Waals surface area contributed by atoms with E-state index in [4.69, 9.17) is 4.42 Å². The molecule has 0 bridgehead atoms. The monoisotopic (exact) mass is 163 g/mol. The summed E-state index contributed by atoms with van der Waals surface area (Å²) in [6, 6.07) is 3.47. The van der Waals surface area contributed by atoms with Crippen molar-refractivity contribution in [1.29, 1.82) is 0 Å². The molecule has 2 rings (SSSR count). The smallest absolute Gasteiger partial charge is 0.172 e. The Kier molecular flexibility index (Phi) is 1.51. The van der Waals surface area contributed by atoms with Gasteiger partial charge in [0.15, 0.2) is 12.0 Å². The number of furan rings is 1. The largest absolute Gasteiger partial charge is 0.464 e. The van der Waals surface area contributed by atoms with Gasteiger partial charge in [-0.2, -0.15) is 0 Å². The molecule has 0 atom stereocenters. The van der Waals surface area contributed by atoms with Crippen LogP contribution in [-0.2, 0) is 0 Å². The number of hydrogen-bond donors (Lipinski definition) is 0. The third kappa shape index (κ3) is 0.934. The van der Waals surface area contributed by atoms with Crippen LogP contribution in [0, 0.1) is 0 Å². The van der Waals surface area contributed by atoms with Crippen LogP contribution in [0.25, 0.3) is 11.3 Å². The van der Waals surface area contributed by atoms with Crippen molar-refractivity contribution < 1.29 is 13.7 Å². The third-order valence-corrected chi connectivity index (χ3v) is 1.50. The second-order valence-corrected chi connectivity index (χ2v) is 2.21. The lowest BCUT2D eigenvalue weighted by Crippen LogP contribution is -1.81. The second-order valence-electron chi connectivity index (χ2n) is 2.21. The minimum absolute atomic E-state index is 0.255. The van der Waals surface area contributed by atoms with Crippen molar-refractivity contribution in [2.75, 3.05) is 0 Å².